The van der Waals surface area contributed by atoms with Gasteiger partial charge in [0.05, 0.1) is 31.9 Å². The fourth-order valence-electron chi connectivity index (χ4n) is 4.83. The largest absolute Gasteiger partial charge is 0.491 e. The van der Waals surface area contributed by atoms with E-state index in [0.717, 1.165) is 23.3 Å². The quantitative estimate of drug-likeness (QED) is 0.371. The first-order valence-corrected chi connectivity index (χ1v) is 13.9. The molecule has 1 aliphatic rings. The molecule has 37 heavy (non-hydrogen) atoms. The van der Waals surface area contributed by atoms with E-state index in [1.54, 1.807) is 11.3 Å². The average molecular weight is 523 g/mol. The zero-order valence-corrected chi connectivity index (χ0v) is 22.9. The van der Waals surface area contributed by atoms with E-state index >= 15 is 0 Å². The fraction of sp³-hybridized carbons (Fsp3) is 0.433. The van der Waals surface area contributed by atoms with E-state index in [4.69, 9.17) is 9.47 Å². The van der Waals surface area contributed by atoms with Crippen molar-refractivity contribution >= 4 is 17.2 Å². The molecule has 0 bridgehead atoms. The molecule has 2 heterocycles. The highest BCUT2D eigenvalue weighted by molar-refractivity contribution is 7.10. The summed E-state index contributed by atoms with van der Waals surface area (Å²) >= 11 is 1.75. The number of rotatable bonds is 12. The Morgan fingerprint density at radius 1 is 1.19 bits per heavy atom. The lowest BCUT2D eigenvalue weighted by atomic mass is 10.00. The number of ether oxygens (including phenoxy) is 2. The number of amides is 1. The van der Waals surface area contributed by atoms with Crippen molar-refractivity contribution in [3.05, 3.63) is 87.1 Å². The molecule has 0 unspecified atom stereocenters. The first-order valence-electron chi connectivity index (χ1n) is 13.0. The molecule has 1 N–H and O–H groups in total. The van der Waals surface area contributed by atoms with Crippen molar-refractivity contribution < 1.29 is 19.4 Å². The van der Waals surface area contributed by atoms with Gasteiger partial charge < -0.3 is 19.5 Å². The Morgan fingerprint density at radius 2 is 2.00 bits per heavy atom. The second kappa shape index (κ2) is 13.2. The Hall–Kier alpha value is -2.71. The SMILES string of the molecule is CCN(CC(=O)N1CCc2sccc2[C@@H]1COc1ccc(C)cc1C)C[C@@H](O)COCc1ccccc1. The van der Waals surface area contributed by atoms with Crippen molar-refractivity contribution in [2.45, 2.75) is 45.9 Å². The molecule has 0 saturated heterocycles. The van der Waals surface area contributed by atoms with Crippen LogP contribution in [0.5, 0.6) is 5.75 Å². The van der Waals surface area contributed by atoms with Crippen LogP contribution in [0, 0.1) is 13.8 Å². The molecule has 198 valence electrons. The summed E-state index contributed by atoms with van der Waals surface area (Å²) in [5, 5.41) is 12.7. The summed E-state index contributed by atoms with van der Waals surface area (Å²) in [5.74, 6) is 0.916. The molecule has 6 nitrogen and oxygen atoms in total. The van der Waals surface area contributed by atoms with Gasteiger partial charge in [0.2, 0.25) is 5.91 Å². The molecule has 1 amide bonds. The van der Waals surface area contributed by atoms with Gasteiger partial charge in [0.15, 0.2) is 0 Å². The van der Waals surface area contributed by atoms with Gasteiger partial charge in [-0.2, -0.15) is 0 Å². The topological polar surface area (TPSA) is 62.2 Å². The van der Waals surface area contributed by atoms with Crippen LogP contribution in [0.2, 0.25) is 0 Å². The Kier molecular flexibility index (Phi) is 9.75. The molecule has 4 rings (SSSR count). The molecule has 0 aliphatic carbocycles. The van der Waals surface area contributed by atoms with Crippen molar-refractivity contribution in [3.8, 4) is 5.75 Å². The zero-order chi connectivity index (χ0) is 26.2. The van der Waals surface area contributed by atoms with Crippen molar-refractivity contribution in [1.82, 2.24) is 9.80 Å². The van der Waals surface area contributed by atoms with E-state index in [-0.39, 0.29) is 25.1 Å². The van der Waals surface area contributed by atoms with Gasteiger partial charge in [0, 0.05) is 18.0 Å². The van der Waals surface area contributed by atoms with Crippen molar-refractivity contribution in [3.63, 3.8) is 0 Å². The molecule has 1 aromatic heterocycles. The highest BCUT2D eigenvalue weighted by Gasteiger charge is 2.33. The number of nitrogens with zero attached hydrogens (tertiary/aromatic N) is 2. The van der Waals surface area contributed by atoms with Crippen molar-refractivity contribution in [2.75, 3.05) is 39.4 Å². The summed E-state index contributed by atoms with van der Waals surface area (Å²) in [7, 11) is 0. The van der Waals surface area contributed by atoms with E-state index in [0.29, 0.717) is 32.8 Å². The number of benzene rings is 2. The average Bonchev–Trinajstić information content (AvgIpc) is 3.37. The summed E-state index contributed by atoms with van der Waals surface area (Å²) in [5.41, 5.74) is 4.56. The van der Waals surface area contributed by atoms with Crippen LogP contribution in [0.4, 0.5) is 0 Å². The zero-order valence-electron chi connectivity index (χ0n) is 22.1. The van der Waals surface area contributed by atoms with Crippen LogP contribution < -0.4 is 4.74 Å². The molecule has 7 heteroatoms. The summed E-state index contributed by atoms with van der Waals surface area (Å²) in [6.45, 7) is 9.23. The van der Waals surface area contributed by atoms with Gasteiger partial charge >= 0.3 is 0 Å². The van der Waals surface area contributed by atoms with Crippen LogP contribution in [0.3, 0.4) is 0 Å². The Balaban J connectivity index is 1.35. The Bertz CT molecular complexity index is 1150. The molecule has 0 spiro atoms. The second-order valence-corrected chi connectivity index (χ2v) is 10.7. The number of carbonyl (C=O) groups excluding carboxylic acids is 1. The first kappa shape index (κ1) is 27.3. The number of fused-ring (bicyclic) bond motifs is 1. The number of hydrogen-bond donors (Lipinski definition) is 1. The molecule has 0 radical (unpaired) electrons. The highest BCUT2D eigenvalue weighted by atomic mass is 32.1. The fourth-order valence-corrected chi connectivity index (χ4v) is 5.76. The lowest BCUT2D eigenvalue weighted by molar-refractivity contribution is -0.136. The minimum Gasteiger partial charge on any atom is -0.491 e. The van der Waals surface area contributed by atoms with E-state index in [9.17, 15) is 9.90 Å². The monoisotopic (exact) mass is 522 g/mol. The third kappa shape index (κ3) is 7.42. The molecule has 1 aliphatic heterocycles. The number of carbonyl (C=O) groups is 1. The first-order chi connectivity index (χ1) is 17.9. The van der Waals surface area contributed by atoms with Crippen LogP contribution >= 0.6 is 11.3 Å². The van der Waals surface area contributed by atoms with Gasteiger partial charge in [-0.15, -0.1) is 11.3 Å². The Labute approximate surface area is 224 Å². The number of aliphatic hydroxyl groups is 1. The number of aryl methyl sites for hydroxylation is 2. The molecule has 0 saturated carbocycles. The van der Waals surface area contributed by atoms with Crippen LogP contribution in [0.15, 0.2) is 60.0 Å². The minimum atomic E-state index is -0.662. The summed E-state index contributed by atoms with van der Waals surface area (Å²) < 4.78 is 12.0. The lowest BCUT2D eigenvalue weighted by Gasteiger charge is -2.37. The van der Waals surface area contributed by atoms with Gasteiger partial charge in [-0.3, -0.25) is 9.69 Å². The molecule has 0 fully saturated rings. The molecule has 2 aromatic carbocycles. The van der Waals surface area contributed by atoms with E-state index in [1.807, 2.05) is 53.1 Å². The van der Waals surface area contributed by atoms with Crippen molar-refractivity contribution in [1.29, 1.82) is 0 Å². The molecular formula is C30H38N2O4S. The number of hydrogen-bond acceptors (Lipinski definition) is 6. The number of aliphatic hydroxyl groups excluding tert-OH is 1. The van der Waals surface area contributed by atoms with E-state index < -0.39 is 6.10 Å². The van der Waals surface area contributed by atoms with Gasteiger partial charge in [-0.1, -0.05) is 55.0 Å². The predicted molar refractivity (Wildman–Crippen MR) is 148 cm³/mol. The van der Waals surface area contributed by atoms with Crippen LogP contribution in [0.25, 0.3) is 0 Å². The Morgan fingerprint density at radius 3 is 2.76 bits per heavy atom. The van der Waals surface area contributed by atoms with Gasteiger partial charge in [-0.05, 0) is 61.0 Å². The summed E-state index contributed by atoms with van der Waals surface area (Å²) in [6.07, 6.45) is 0.200. The maximum Gasteiger partial charge on any atom is 0.237 e. The smallest absolute Gasteiger partial charge is 0.237 e. The van der Waals surface area contributed by atoms with Crippen molar-refractivity contribution in [2.24, 2.45) is 0 Å². The minimum absolute atomic E-state index is 0.0605. The van der Waals surface area contributed by atoms with Gasteiger partial charge in [-0.25, -0.2) is 0 Å². The second-order valence-electron chi connectivity index (χ2n) is 9.71. The number of likely N-dealkylation sites (N-methyl/N-ethyl adjacent to an activating group) is 1. The van der Waals surface area contributed by atoms with E-state index in [2.05, 4.69) is 37.4 Å². The molecule has 2 atom stereocenters. The summed E-state index contributed by atoms with van der Waals surface area (Å²) in [4.78, 5) is 18.8. The van der Waals surface area contributed by atoms with E-state index in [1.165, 1.54) is 16.0 Å². The predicted octanol–water partition coefficient (Wildman–Crippen LogP) is 4.77. The third-order valence-electron chi connectivity index (χ3n) is 6.84. The van der Waals surface area contributed by atoms with Gasteiger partial charge in [0.1, 0.15) is 12.4 Å². The van der Waals surface area contributed by atoms with Crippen LogP contribution in [-0.4, -0.2) is 66.3 Å². The molecular weight excluding hydrogens is 484 g/mol. The summed E-state index contributed by atoms with van der Waals surface area (Å²) in [6, 6.07) is 18.1. The maximum absolute atomic E-state index is 13.5. The normalized spacial score (nSPS) is 16.0. The van der Waals surface area contributed by atoms with Crippen LogP contribution in [0.1, 0.15) is 40.1 Å². The highest BCUT2D eigenvalue weighted by Crippen LogP contribution is 2.34. The molecule has 3 aromatic rings. The number of thiophene rings is 1. The van der Waals surface area contributed by atoms with Crippen LogP contribution in [-0.2, 0) is 22.6 Å². The standard InChI is InChI=1S/C30H38N2O4S/c1-4-31(17-25(33)20-35-19-24-8-6-5-7-9-24)18-30(34)32-14-12-29-26(13-15-37-29)27(32)21-36-28-11-10-22(2)16-23(28)3/h5-11,13,15-16,25,27,33H,4,12,14,17-21H2,1-3H3/t25-,27+/m1/s1. The lowest BCUT2D eigenvalue weighted by Crippen LogP contribution is -2.48. The van der Waals surface area contributed by atoms with Gasteiger partial charge in [0.25, 0.3) is 0 Å². The third-order valence-corrected chi connectivity index (χ3v) is 7.84. The maximum atomic E-state index is 13.5.